The molecule has 150 valence electrons. The lowest BCUT2D eigenvalue weighted by atomic mass is 9.87. The smallest absolute Gasteiger partial charge is 0.280 e. The number of carbonyl (C=O) groups excluding carboxylic acids is 2. The second kappa shape index (κ2) is 14.8. The number of hydrogen-bond donors (Lipinski definition) is 2. The third-order valence-electron chi connectivity index (χ3n) is 4.53. The number of nitrogens with one attached hydrogen (secondary N) is 2. The predicted molar refractivity (Wildman–Crippen MR) is 114 cm³/mol. The van der Waals surface area contributed by atoms with Gasteiger partial charge in [-0.15, -0.1) is 0 Å². The van der Waals surface area contributed by atoms with Crippen molar-refractivity contribution in [2.24, 2.45) is 5.41 Å². The van der Waals surface area contributed by atoms with Gasteiger partial charge in [-0.1, -0.05) is 48.0 Å². The van der Waals surface area contributed by atoms with E-state index in [1.807, 2.05) is 13.8 Å². The molecule has 2 N–H and O–H groups in total. The Labute approximate surface area is 168 Å². The van der Waals surface area contributed by atoms with Crippen LogP contribution in [-0.2, 0) is 9.53 Å². The van der Waals surface area contributed by atoms with Gasteiger partial charge in [0, 0.05) is 48.7 Å². The first-order valence-electron chi connectivity index (χ1n) is 9.48. The topological polar surface area (TPSA) is 67.4 Å². The molecule has 0 spiro atoms. The molecular formula is C19H39IN2O3. The molecule has 0 aliphatic heterocycles. The average Bonchev–Trinajstić information content (AvgIpc) is 2.58. The lowest BCUT2D eigenvalue weighted by molar-refractivity contribution is -0.123. The van der Waals surface area contributed by atoms with Gasteiger partial charge in [0.15, 0.2) is 0 Å². The van der Waals surface area contributed by atoms with E-state index in [0.717, 1.165) is 25.9 Å². The molecular weight excluding hydrogens is 431 g/mol. The number of rotatable bonds is 12. The molecule has 0 rings (SSSR count). The Morgan fingerprint density at radius 2 is 1.52 bits per heavy atom. The fraction of sp³-hybridized carbons (Fsp3) is 0.895. The summed E-state index contributed by atoms with van der Waals surface area (Å²) in [5.41, 5.74) is 0.0483. The molecule has 1 atom stereocenters. The number of ether oxygens (including phenoxy) is 1. The van der Waals surface area contributed by atoms with Gasteiger partial charge in [-0.05, 0) is 31.6 Å². The van der Waals surface area contributed by atoms with Gasteiger partial charge in [0.05, 0.1) is 5.60 Å². The maximum Gasteiger partial charge on any atom is 0.280 e. The Balaban J connectivity index is 0. The highest BCUT2D eigenvalue weighted by Gasteiger charge is 2.25. The van der Waals surface area contributed by atoms with E-state index in [9.17, 15) is 9.59 Å². The molecule has 0 aromatic carbocycles. The first-order valence-corrected chi connectivity index (χ1v) is 10.6. The molecule has 1 unspecified atom stereocenters. The van der Waals surface area contributed by atoms with Gasteiger partial charge in [-0.3, -0.25) is 9.59 Å². The van der Waals surface area contributed by atoms with Crippen LogP contribution in [0.25, 0.3) is 0 Å². The lowest BCUT2D eigenvalue weighted by Gasteiger charge is -2.31. The van der Waals surface area contributed by atoms with Crippen LogP contribution in [0.4, 0.5) is 4.79 Å². The molecule has 0 aromatic heterocycles. The van der Waals surface area contributed by atoms with E-state index in [1.54, 1.807) is 22.6 Å². The van der Waals surface area contributed by atoms with Crippen LogP contribution in [0.5, 0.6) is 0 Å². The maximum absolute atomic E-state index is 11.8. The van der Waals surface area contributed by atoms with E-state index < -0.39 is 0 Å². The predicted octanol–water partition coefficient (Wildman–Crippen LogP) is 5.07. The van der Waals surface area contributed by atoms with Crippen molar-refractivity contribution in [1.82, 2.24) is 10.6 Å². The highest BCUT2D eigenvalue weighted by atomic mass is 127. The Morgan fingerprint density at radius 1 is 0.960 bits per heavy atom. The van der Waals surface area contributed by atoms with Gasteiger partial charge in [-0.25, -0.2) is 0 Å². The van der Waals surface area contributed by atoms with Crippen molar-refractivity contribution in [3.8, 4) is 0 Å². The molecule has 0 radical (unpaired) electrons. The fourth-order valence-electron chi connectivity index (χ4n) is 1.93. The minimum Gasteiger partial charge on any atom is -0.375 e. The standard InChI is InChI=1S/C17H33IN2O3.C2H6/c1-6-16(3,4)10-13-23-17(5,7-2)9-8-14(21)19-11-12-20-15(18)22;1-2/h6-13H2,1-5H3,(H,19,21)(H,20,22);1-2H3. The van der Waals surface area contributed by atoms with Crippen LogP contribution in [0.1, 0.15) is 80.6 Å². The summed E-state index contributed by atoms with van der Waals surface area (Å²) in [5, 5.41) is 5.45. The summed E-state index contributed by atoms with van der Waals surface area (Å²) in [4.78, 5) is 22.6. The molecule has 0 aliphatic carbocycles. The van der Waals surface area contributed by atoms with Gasteiger partial charge < -0.3 is 15.4 Å². The third kappa shape index (κ3) is 15.6. The van der Waals surface area contributed by atoms with Gasteiger partial charge in [0.1, 0.15) is 0 Å². The Bertz CT molecular complexity index is 376. The van der Waals surface area contributed by atoms with Gasteiger partial charge >= 0.3 is 0 Å². The summed E-state index contributed by atoms with van der Waals surface area (Å²) < 4.78 is 5.97. The zero-order valence-corrected chi connectivity index (χ0v) is 19.4. The largest absolute Gasteiger partial charge is 0.375 e. The molecule has 25 heavy (non-hydrogen) atoms. The summed E-state index contributed by atoms with van der Waals surface area (Å²) >= 11 is 1.67. The van der Waals surface area contributed by atoms with Crippen molar-refractivity contribution in [1.29, 1.82) is 0 Å². The van der Waals surface area contributed by atoms with Crippen LogP contribution in [0, 0.1) is 5.41 Å². The number of halogens is 1. The molecule has 0 bridgehead atoms. The van der Waals surface area contributed by atoms with Crippen LogP contribution < -0.4 is 10.6 Å². The zero-order chi connectivity index (χ0) is 19.9. The highest BCUT2D eigenvalue weighted by molar-refractivity contribution is 14.1. The first kappa shape index (κ1) is 26.9. The zero-order valence-electron chi connectivity index (χ0n) is 17.3. The van der Waals surface area contributed by atoms with Crippen molar-refractivity contribution in [2.75, 3.05) is 19.7 Å². The number of amides is 2. The van der Waals surface area contributed by atoms with Crippen molar-refractivity contribution in [2.45, 2.75) is 86.2 Å². The van der Waals surface area contributed by atoms with Gasteiger partial charge in [0.2, 0.25) is 5.91 Å². The molecule has 0 saturated carbocycles. The highest BCUT2D eigenvalue weighted by Crippen LogP contribution is 2.27. The van der Waals surface area contributed by atoms with Crippen LogP contribution in [0.2, 0.25) is 0 Å². The van der Waals surface area contributed by atoms with Gasteiger partial charge in [0.25, 0.3) is 3.91 Å². The first-order chi connectivity index (χ1) is 11.6. The minimum atomic E-state index is -0.252. The molecule has 6 heteroatoms. The minimum absolute atomic E-state index is 0.00451. The molecule has 0 saturated heterocycles. The fourth-order valence-corrected chi connectivity index (χ4v) is 2.20. The summed E-state index contributed by atoms with van der Waals surface area (Å²) in [6.07, 6.45) is 4.20. The molecule has 0 aliphatic rings. The molecule has 0 heterocycles. The molecule has 2 amide bonds. The van der Waals surface area contributed by atoms with Crippen molar-refractivity contribution >= 4 is 32.4 Å². The number of hydrogen-bond acceptors (Lipinski definition) is 3. The SMILES string of the molecule is CC.CCC(C)(C)CCOC(C)(CC)CCC(=O)NCCNC(=O)I. The molecule has 0 aromatic rings. The van der Waals surface area contributed by atoms with E-state index in [2.05, 4.69) is 45.3 Å². The van der Waals surface area contributed by atoms with E-state index in [4.69, 9.17) is 4.74 Å². The van der Waals surface area contributed by atoms with E-state index in [1.165, 1.54) is 0 Å². The van der Waals surface area contributed by atoms with E-state index >= 15 is 0 Å². The Hall–Kier alpha value is -0.370. The van der Waals surface area contributed by atoms with Crippen LogP contribution in [-0.4, -0.2) is 35.1 Å². The second-order valence-electron chi connectivity index (χ2n) is 6.97. The molecule has 0 fully saturated rings. The normalized spacial score (nSPS) is 13.3. The lowest BCUT2D eigenvalue weighted by Crippen LogP contribution is -2.35. The van der Waals surface area contributed by atoms with Crippen LogP contribution in [0.3, 0.4) is 0 Å². The monoisotopic (exact) mass is 470 g/mol. The van der Waals surface area contributed by atoms with Crippen molar-refractivity contribution in [3.05, 3.63) is 0 Å². The molecule has 5 nitrogen and oxygen atoms in total. The van der Waals surface area contributed by atoms with Crippen LogP contribution >= 0.6 is 22.6 Å². The maximum atomic E-state index is 11.8. The van der Waals surface area contributed by atoms with E-state index in [0.29, 0.717) is 31.3 Å². The van der Waals surface area contributed by atoms with Crippen molar-refractivity contribution < 1.29 is 14.3 Å². The van der Waals surface area contributed by atoms with Gasteiger partial charge in [-0.2, -0.15) is 0 Å². The summed E-state index contributed by atoms with van der Waals surface area (Å²) in [6.45, 7) is 16.5. The quantitative estimate of drug-likeness (QED) is 0.181. The van der Waals surface area contributed by atoms with E-state index in [-0.39, 0.29) is 15.4 Å². The van der Waals surface area contributed by atoms with Crippen molar-refractivity contribution in [3.63, 3.8) is 0 Å². The summed E-state index contributed by atoms with van der Waals surface area (Å²) in [5.74, 6) is 0.00451. The third-order valence-corrected chi connectivity index (χ3v) is 4.91. The number of carbonyl (C=O) groups is 2. The second-order valence-corrected chi connectivity index (χ2v) is 7.95. The average molecular weight is 470 g/mol. The Kier molecular flexibility index (Phi) is 15.9. The summed E-state index contributed by atoms with van der Waals surface area (Å²) in [6, 6.07) is 0. The Morgan fingerprint density at radius 3 is 2.00 bits per heavy atom. The van der Waals surface area contributed by atoms with Crippen LogP contribution in [0.15, 0.2) is 0 Å². The summed E-state index contributed by atoms with van der Waals surface area (Å²) in [7, 11) is 0.